The number of hydrogen-bond donors (Lipinski definition) is 3. The maximum absolute atomic E-state index is 12.9. The zero-order valence-corrected chi connectivity index (χ0v) is 27.3. The molecule has 0 saturated carbocycles. The van der Waals surface area contributed by atoms with Crippen LogP contribution < -0.4 is 75.3 Å². The number of aliphatic hydroxyl groups is 1. The Hall–Kier alpha value is -0.0800. The normalized spacial score (nSPS) is 15.1. The van der Waals surface area contributed by atoms with Crippen LogP contribution in [-0.2, 0) is 19.2 Å². The van der Waals surface area contributed by atoms with Crippen LogP contribution >= 0.6 is 0 Å². The van der Waals surface area contributed by atoms with Gasteiger partial charge in [0.25, 0.3) is 0 Å². The molecule has 0 aromatic carbocycles. The van der Waals surface area contributed by atoms with Gasteiger partial charge in [-0.05, 0) is 18.8 Å². The summed E-state index contributed by atoms with van der Waals surface area (Å²) >= 11 is 0. The number of nitrogens with zero attached hydrogens (tertiary/aromatic N) is 2. The van der Waals surface area contributed by atoms with Crippen LogP contribution in [0.3, 0.4) is 0 Å². The number of quaternary nitrogens is 2. The van der Waals surface area contributed by atoms with Crippen molar-refractivity contribution in [2.45, 2.75) is 39.7 Å². The molecular formula is C22H43N4Na2O7+. The predicted molar refractivity (Wildman–Crippen MR) is 120 cm³/mol. The van der Waals surface area contributed by atoms with Gasteiger partial charge < -0.3 is 45.3 Å². The van der Waals surface area contributed by atoms with Crippen molar-refractivity contribution < 1.29 is 103 Å². The van der Waals surface area contributed by atoms with Gasteiger partial charge in [0.05, 0.1) is 35.2 Å². The monoisotopic (exact) mass is 521 g/mol. The number of carboxylic acids is 1. The topological polar surface area (TPSA) is 180 Å². The number of aliphatic carboxylic acids is 1. The van der Waals surface area contributed by atoms with E-state index < -0.39 is 47.1 Å². The van der Waals surface area contributed by atoms with Crippen molar-refractivity contribution in [3.8, 4) is 0 Å². The van der Waals surface area contributed by atoms with Crippen LogP contribution in [0.2, 0.25) is 0 Å². The molecule has 0 aliphatic heterocycles. The number of primary amides is 1. The second-order valence-electron chi connectivity index (χ2n) is 11.0. The Labute approximate surface area is 254 Å². The van der Waals surface area contributed by atoms with Gasteiger partial charge in [0, 0.05) is 17.3 Å². The largest absolute Gasteiger partial charge is 1.00 e. The van der Waals surface area contributed by atoms with Gasteiger partial charge in [0.1, 0.15) is 13.1 Å². The molecule has 0 spiro atoms. The molecule has 0 saturated heterocycles. The molecule has 0 aliphatic carbocycles. The number of nitrogens with two attached hydrogens (primary N) is 1. The molecule has 4 atom stereocenters. The Morgan fingerprint density at radius 3 is 1.89 bits per heavy atom. The summed E-state index contributed by atoms with van der Waals surface area (Å²) in [6, 6.07) is 0. The third kappa shape index (κ3) is 15.7. The van der Waals surface area contributed by atoms with E-state index in [1.807, 2.05) is 35.2 Å². The number of rotatable bonds is 15. The maximum atomic E-state index is 12.9. The van der Waals surface area contributed by atoms with Crippen molar-refractivity contribution in [3.05, 3.63) is 0 Å². The van der Waals surface area contributed by atoms with Crippen LogP contribution in [0.25, 0.3) is 0 Å². The van der Waals surface area contributed by atoms with Gasteiger partial charge in [0.2, 0.25) is 11.8 Å². The third-order valence-electron chi connectivity index (χ3n) is 5.59. The van der Waals surface area contributed by atoms with Gasteiger partial charge in [-0.1, -0.05) is 20.8 Å². The number of likely N-dealkylation sites (N-methyl/N-ethyl adjacent to an activating group) is 2. The van der Waals surface area contributed by atoms with Gasteiger partial charge in [-0.2, -0.15) is 0 Å². The number of carboxylic acid groups (broad SMARTS) is 1. The SMILES string of the molecule is CCC(C(N)=O)C([C-]=O)C(CC(C)(C)C(=O)NC[N+](C)(C)CC(O)C[N+](C)(C)C)C(=O)[O-].[Na+].[Na+].[OH-]. The first-order valence-electron chi connectivity index (χ1n) is 10.8. The van der Waals surface area contributed by atoms with Crippen molar-refractivity contribution in [2.75, 3.05) is 55.0 Å². The van der Waals surface area contributed by atoms with Crippen LogP contribution in [0.15, 0.2) is 0 Å². The molecule has 0 radical (unpaired) electrons. The Bertz CT molecular complexity index is 685. The summed E-state index contributed by atoms with van der Waals surface area (Å²) < 4.78 is 0.918. The Morgan fingerprint density at radius 1 is 1.06 bits per heavy atom. The van der Waals surface area contributed by atoms with Crippen molar-refractivity contribution in [3.63, 3.8) is 0 Å². The van der Waals surface area contributed by atoms with Crippen LogP contribution in [0.4, 0.5) is 0 Å². The average molecular weight is 522 g/mol. The van der Waals surface area contributed by atoms with E-state index in [1.165, 1.54) is 0 Å². The second kappa shape index (κ2) is 17.4. The predicted octanol–water partition coefficient (Wildman–Crippen LogP) is -7.95. The quantitative estimate of drug-likeness (QED) is 0.0828. The zero-order valence-electron chi connectivity index (χ0n) is 23.3. The molecule has 5 N–H and O–H groups in total. The minimum Gasteiger partial charge on any atom is -0.870 e. The molecule has 0 aromatic rings. The summed E-state index contributed by atoms with van der Waals surface area (Å²) in [6.45, 7) is 5.94. The first kappa shape index (κ1) is 42.0. The van der Waals surface area contributed by atoms with E-state index in [0.717, 1.165) is 0 Å². The van der Waals surface area contributed by atoms with Crippen LogP contribution in [0, 0.1) is 23.2 Å². The van der Waals surface area contributed by atoms with E-state index in [1.54, 1.807) is 27.1 Å². The molecule has 0 heterocycles. The first-order valence-corrected chi connectivity index (χ1v) is 10.8. The number of aliphatic hydroxyl groups excluding tert-OH is 1. The summed E-state index contributed by atoms with van der Waals surface area (Å²) in [5.41, 5.74) is 4.15. The number of carbonyl (C=O) groups excluding carboxylic acids is 4. The summed E-state index contributed by atoms with van der Waals surface area (Å²) in [6.07, 6.45) is 1.02. The van der Waals surface area contributed by atoms with Crippen LogP contribution in [0.1, 0.15) is 33.6 Å². The number of amides is 2. The first-order chi connectivity index (χ1) is 14.4. The number of carbonyl (C=O) groups is 3. The van der Waals surface area contributed by atoms with E-state index in [9.17, 15) is 29.4 Å². The number of hydrogen-bond acceptors (Lipinski definition) is 7. The van der Waals surface area contributed by atoms with Crippen molar-refractivity contribution in [1.29, 1.82) is 0 Å². The van der Waals surface area contributed by atoms with Crippen molar-refractivity contribution in [1.82, 2.24) is 5.32 Å². The summed E-state index contributed by atoms with van der Waals surface area (Å²) in [5.74, 6) is -6.42. The van der Waals surface area contributed by atoms with E-state index in [2.05, 4.69) is 5.32 Å². The van der Waals surface area contributed by atoms with Crippen LogP contribution in [0.5, 0.6) is 0 Å². The Kier molecular flexibility index (Phi) is 20.9. The number of nitrogens with one attached hydrogen (secondary N) is 1. The van der Waals surface area contributed by atoms with E-state index in [0.29, 0.717) is 22.1 Å². The minimum atomic E-state index is -1.53. The van der Waals surface area contributed by atoms with Gasteiger partial charge in [-0.25, -0.2) is 0 Å². The third-order valence-corrected chi connectivity index (χ3v) is 5.59. The summed E-state index contributed by atoms with van der Waals surface area (Å²) in [5, 5.41) is 24.9. The summed E-state index contributed by atoms with van der Waals surface area (Å²) in [7, 11) is 9.67. The maximum Gasteiger partial charge on any atom is 1.00 e. The average Bonchev–Trinajstić information content (AvgIpc) is 2.59. The van der Waals surface area contributed by atoms with Gasteiger partial charge in [0.15, 0.2) is 12.8 Å². The van der Waals surface area contributed by atoms with Gasteiger partial charge >= 0.3 is 59.1 Å². The standard InChI is InChI=1S/C22H42N4O6.2Na.H2O/c1-9-16(19(23)29)18(13-27)17(20(30)31)10-22(2,3)21(32)24-14-26(7,8)12-15(28)11-25(4,5)6;;;/h15-18,28H,9-12,14H2,1-8H3,(H3-,23,24,29,30,31,32);;;1H2/q;2*+1;/p-1. The molecule has 0 fully saturated rings. The molecule has 4 unspecified atom stereocenters. The molecule has 0 rings (SSSR count). The van der Waals surface area contributed by atoms with Gasteiger partial charge in [-0.15, -0.1) is 5.92 Å². The molecule has 13 heteroatoms. The van der Waals surface area contributed by atoms with E-state index >= 15 is 0 Å². The van der Waals surface area contributed by atoms with E-state index in [4.69, 9.17) is 5.73 Å². The molecule has 11 nitrogen and oxygen atoms in total. The van der Waals surface area contributed by atoms with Crippen LogP contribution in [-0.4, -0.2) is 105 Å². The molecule has 0 aromatic heterocycles. The molecular weight excluding hydrogens is 478 g/mol. The Balaban J connectivity index is -0.00000160. The molecule has 0 bridgehead atoms. The minimum absolute atomic E-state index is 0. The van der Waals surface area contributed by atoms with Crippen molar-refractivity contribution in [2.24, 2.45) is 28.9 Å². The smallest absolute Gasteiger partial charge is 0.870 e. The Morgan fingerprint density at radius 2 is 1.54 bits per heavy atom. The summed E-state index contributed by atoms with van der Waals surface area (Å²) in [4.78, 5) is 47.9. The van der Waals surface area contributed by atoms with Gasteiger partial charge in [-0.3, -0.25) is 15.9 Å². The second-order valence-corrected chi connectivity index (χ2v) is 11.0. The molecule has 0 aliphatic rings. The van der Waals surface area contributed by atoms with Crippen molar-refractivity contribution >= 4 is 24.1 Å². The molecule has 2 amide bonds. The zero-order chi connectivity index (χ0) is 25.5. The molecule has 35 heavy (non-hydrogen) atoms. The fraction of sp³-hybridized carbons (Fsp3) is 0.818. The molecule has 194 valence electrons. The fourth-order valence-electron chi connectivity index (χ4n) is 3.93. The fourth-order valence-corrected chi connectivity index (χ4v) is 3.93. The van der Waals surface area contributed by atoms with E-state index in [-0.39, 0.29) is 84.1 Å².